The van der Waals surface area contributed by atoms with Gasteiger partial charge in [0.1, 0.15) is 17.2 Å². The third-order valence-electron chi connectivity index (χ3n) is 4.38. The van der Waals surface area contributed by atoms with Crippen LogP contribution in [0.4, 0.5) is 5.82 Å². The molecular weight excluding hydrogens is 324 g/mol. The maximum atomic E-state index is 5.27. The van der Waals surface area contributed by atoms with Crippen molar-refractivity contribution in [2.45, 2.75) is 0 Å². The molecule has 5 nitrogen and oxygen atoms in total. The molecule has 3 aromatic heterocycles. The van der Waals surface area contributed by atoms with Gasteiger partial charge in [-0.25, -0.2) is 9.97 Å². The highest BCUT2D eigenvalue weighted by atomic mass is 16.5. The van der Waals surface area contributed by atoms with Gasteiger partial charge in [-0.2, -0.15) is 0 Å². The summed E-state index contributed by atoms with van der Waals surface area (Å²) < 4.78 is 7.25. The Morgan fingerprint density at radius 1 is 0.846 bits per heavy atom. The molecule has 26 heavy (non-hydrogen) atoms. The second-order valence-electron chi connectivity index (χ2n) is 6.34. The number of pyridine rings is 2. The monoisotopic (exact) mass is 344 g/mol. The van der Waals surface area contributed by atoms with Gasteiger partial charge in [-0.15, -0.1) is 0 Å². The number of rotatable bonds is 4. The van der Waals surface area contributed by atoms with Crippen molar-refractivity contribution >= 4 is 11.5 Å². The minimum absolute atomic E-state index is 0.811. The number of fused-ring (bicyclic) bond motifs is 1. The summed E-state index contributed by atoms with van der Waals surface area (Å²) in [6, 6.07) is 16.4. The first-order valence-electron chi connectivity index (χ1n) is 8.41. The number of hydrogen-bond donors (Lipinski definition) is 0. The van der Waals surface area contributed by atoms with E-state index in [1.807, 2.05) is 60.2 Å². The second kappa shape index (κ2) is 6.52. The second-order valence-corrected chi connectivity index (χ2v) is 6.34. The van der Waals surface area contributed by atoms with Crippen LogP contribution in [0, 0.1) is 0 Å². The molecule has 5 heteroatoms. The zero-order valence-electron chi connectivity index (χ0n) is 15.0. The van der Waals surface area contributed by atoms with Crippen molar-refractivity contribution in [2.75, 3.05) is 26.1 Å². The molecule has 0 atom stereocenters. The highest BCUT2D eigenvalue weighted by molar-refractivity contribution is 5.70. The van der Waals surface area contributed by atoms with Gasteiger partial charge in [0.15, 0.2) is 0 Å². The van der Waals surface area contributed by atoms with Crippen molar-refractivity contribution in [3.63, 3.8) is 0 Å². The number of methoxy groups -OCH3 is 1. The van der Waals surface area contributed by atoms with E-state index in [0.29, 0.717) is 0 Å². The Kier molecular flexibility index (Phi) is 4.05. The van der Waals surface area contributed by atoms with Gasteiger partial charge >= 0.3 is 0 Å². The molecule has 0 aliphatic carbocycles. The van der Waals surface area contributed by atoms with E-state index in [-0.39, 0.29) is 0 Å². The van der Waals surface area contributed by atoms with Crippen LogP contribution in [-0.4, -0.2) is 35.6 Å². The Bertz CT molecular complexity index is 1030. The van der Waals surface area contributed by atoms with E-state index in [2.05, 4.69) is 40.3 Å². The molecule has 1 aromatic carbocycles. The quantitative estimate of drug-likeness (QED) is 0.558. The summed E-state index contributed by atoms with van der Waals surface area (Å²) in [5.41, 5.74) is 5.15. The van der Waals surface area contributed by atoms with E-state index in [1.54, 1.807) is 7.11 Å². The van der Waals surface area contributed by atoms with Crippen LogP contribution in [0.5, 0.6) is 5.75 Å². The van der Waals surface area contributed by atoms with E-state index in [9.17, 15) is 0 Å². The van der Waals surface area contributed by atoms with Crippen LogP contribution >= 0.6 is 0 Å². The first-order chi connectivity index (χ1) is 12.6. The topological polar surface area (TPSA) is 42.7 Å². The first kappa shape index (κ1) is 16.1. The molecular formula is C21H20N4O. The van der Waals surface area contributed by atoms with Gasteiger partial charge < -0.3 is 14.0 Å². The van der Waals surface area contributed by atoms with Crippen molar-refractivity contribution < 1.29 is 4.74 Å². The van der Waals surface area contributed by atoms with Crippen LogP contribution in [0.25, 0.3) is 28.0 Å². The molecule has 0 radical (unpaired) electrons. The van der Waals surface area contributed by atoms with E-state index >= 15 is 0 Å². The lowest BCUT2D eigenvalue weighted by molar-refractivity contribution is 0.412. The van der Waals surface area contributed by atoms with Crippen LogP contribution in [0.1, 0.15) is 0 Å². The van der Waals surface area contributed by atoms with Gasteiger partial charge in [0.05, 0.1) is 19.0 Å². The largest absolute Gasteiger partial charge is 0.495 e. The molecule has 0 unspecified atom stereocenters. The predicted molar refractivity (Wildman–Crippen MR) is 105 cm³/mol. The number of anilines is 1. The molecule has 0 bridgehead atoms. The number of imidazole rings is 1. The number of nitrogens with zero attached hydrogens (tertiary/aromatic N) is 4. The Morgan fingerprint density at radius 3 is 2.23 bits per heavy atom. The average Bonchev–Trinajstić information content (AvgIpc) is 3.11. The number of aromatic nitrogens is 3. The number of benzene rings is 1. The molecule has 4 rings (SSSR count). The molecule has 0 N–H and O–H groups in total. The maximum Gasteiger partial charge on any atom is 0.137 e. The fourth-order valence-corrected chi connectivity index (χ4v) is 2.89. The fourth-order valence-electron chi connectivity index (χ4n) is 2.89. The Labute approximate surface area is 152 Å². The van der Waals surface area contributed by atoms with Gasteiger partial charge in [0.2, 0.25) is 0 Å². The predicted octanol–water partition coefficient (Wildman–Crippen LogP) is 4.14. The lowest BCUT2D eigenvalue weighted by atomic mass is 10.0. The van der Waals surface area contributed by atoms with Crippen LogP contribution in [0.15, 0.2) is 67.1 Å². The summed E-state index contributed by atoms with van der Waals surface area (Å²) in [5.74, 6) is 1.76. The minimum Gasteiger partial charge on any atom is -0.495 e. The Hall–Kier alpha value is -3.34. The van der Waals surface area contributed by atoms with Crippen LogP contribution in [0.2, 0.25) is 0 Å². The number of ether oxygens (including phenoxy) is 1. The van der Waals surface area contributed by atoms with Gasteiger partial charge in [-0.3, -0.25) is 0 Å². The third-order valence-corrected chi connectivity index (χ3v) is 4.38. The van der Waals surface area contributed by atoms with E-state index < -0.39 is 0 Å². The summed E-state index contributed by atoms with van der Waals surface area (Å²) in [7, 11) is 5.64. The van der Waals surface area contributed by atoms with Crippen molar-refractivity contribution in [3.8, 4) is 28.1 Å². The summed E-state index contributed by atoms with van der Waals surface area (Å²) in [6.07, 6.45) is 5.85. The van der Waals surface area contributed by atoms with Crippen molar-refractivity contribution in [3.05, 3.63) is 67.1 Å². The summed E-state index contributed by atoms with van der Waals surface area (Å²) in [6.45, 7) is 0. The van der Waals surface area contributed by atoms with Crippen molar-refractivity contribution in [2.24, 2.45) is 0 Å². The first-order valence-corrected chi connectivity index (χ1v) is 8.41. The minimum atomic E-state index is 0.811. The third kappa shape index (κ3) is 2.99. The zero-order chi connectivity index (χ0) is 18.1. The van der Waals surface area contributed by atoms with Gasteiger partial charge in [-0.05, 0) is 29.8 Å². The van der Waals surface area contributed by atoms with Gasteiger partial charge in [-0.1, -0.05) is 24.3 Å². The van der Waals surface area contributed by atoms with Crippen LogP contribution < -0.4 is 9.64 Å². The summed E-state index contributed by atoms with van der Waals surface area (Å²) in [4.78, 5) is 11.2. The number of hydrogen-bond acceptors (Lipinski definition) is 4. The molecule has 0 amide bonds. The zero-order valence-corrected chi connectivity index (χ0v) is 15.0. The van der Waals surface area contributed by atoms with Crippen molar-refractivity contribution in [1.82, 2.24) is 14.4 Å². The highest BCUT2D eigenvalue weighted by Gasteiger charge is 2.06. The molecule has 0 saturated carbocycles. The molecule has 0 aliphatic rings. The SMILES string of the molecule is COc1ccc2nc(-c3ccc(-c4ccc(N(C)C)nc4)cc3)cn2c1. The molecule has 0 fully saturated rings. The van der Waals surface area contributed by atoms with Gasteiger partial charge in [0, 0.05) is 37.6 Å². The lowest BCUT2D eigenvalue weighted by Crippen LogP contribution is -2.09. The summed E-state index contributed by atoms with van der Waals surface area (Å²) in [5, 5.41) is 0. The molecule has 3 heterocycles. The Morgan fingerprint density at radius 2 is 1.58 bits per heavy atom. The normalized spacial score (nSPS) is 10.9. The molecule has 0 aliphatic heterocycles. The molecule has 4 aromatic rings. The standard InChI is InChI=1S/C21H20N4O/c1-24(2)20-10-8-17(12-22-20)15-4-6-16(7-5-15)19-14-25-13-18(26-3)9-11-21(25)23-19/h4-14H,1-3H3. The molecule has 0 saturated heterocycles. The molecule has 0 spiro atoms. The smallest absolute Gasteiger partial charge is 0.137 e. The van der Waals surface area contributed by atoms with Crippen LogP contribution in [0.3, 0.4) is 0 Å². The maximum absolute atomic E-state index is 5.27. The Balaban J connectivity index is 1.63. The fraction of sp³-hybridized carbons (Fsp3) is 0.143. The lowest BCUT2D eigenvalue weighted by Gasteiger charge is -2.11. The van der Waals surface area contributed by atoms with Gasteiger partial charge in [0.25, 0.3) is 0 Å². The summed E-state index contributed by atoms with van der Waals surface area (Å²) >= 11 is 0. The van der Waals surface area contributed by atoms with Crippen molar-refractivity contribution in [1.29, 1.82) is 0 Å². The highest BCUT2D eigenvalue weighted by Crippen LogP contribution is 2.25. The van der Waals surface area contributed by atoms with E-state index in [4.69, 9.17) is 4.74 Å². The van der Waals surface area contributed by atoms with E-state index in [0.717, 1.165) is 39.6 Å². The molecule has 130 valence electrons. The van der Waals surface area contributed by atoms with E-state index in [1.165, 1.54) is 0 Å². The average molecular weight is 344 g/mol. The van der Waals surface area contributed by atoms with Crippen LogP contribution in [-0.2, 0) is 0 Å².